The summed E-state index contributed by atoms with van der Waals surface area (Å²) in [6, 6.07) is 0. The molecule has 4 N–H and O–H groups in total. The molecular formula is C3H8BrN3. The highest BCUT2D eigenvalue weighted by Crippen LogP contribution is 1.77. The zero-order chi connectivity index (χ0) is 5.70. The van der Waals surface area contributed by atoms with E-state index in [2.05, 4.69) is 20.9 Å². The van der Waals surface area contributed by atoms with Crippen molar-refractivity contribution in [3.05, 3.63) is 0 Å². The van der Waals surface area contributed by atoms with Crippen LogP contribution < -0.4 is 11.5 Å². The van der Waals surface area contributed by atoms with Crippen molar-refractivity contribution < 1.29 is 0 Å². The minimum absolute atomic E-state index is 0.152. The van der Waals surface area contributed by atoms with E-state index in [4.69, 9.17) is 11.5 Å². The first kappa shape index (κ1) is 6.75. The zero-order valence-electron chi connectivity index (χ0n) is 3.89. The Hall–Kier alpha value is -0.250. The van der Waals surface area contributed by atoms with Crippen LogP contribution in [-0.2, 0) is 0 Å². The largest absolute Gasteiger partial charge is 0.370 e. The monoisotopic (exact) mass is 165 g/mol. The summed E-state index contributed by atoms with van der Waals surface area (Å²) in [6.07, 6.45) is 0. The van der Waals surface area contributed by atoms with Gasteiger partial charge in [-0.1, -0.05) is 15.9 Å². The van der Waals surface area contributed by atoms with E-state index in [1.165, 1.54) is 0 Å². The van der Waals surface area contributed by atoms with Crippen LogP contribution >= 0.6 is 15.9 Å². The topological polar surface area (TPSA) is 64.4 Å². The number of aliphatic imine (C=N–C) groups is 1. The lowest BCUT2D eigenvalue weighted by atomic mass is 10.8. The van der Waals surface area contributed by atoms with E-state index in [0.29, 0.717) is 6.54 Å². The zero-order valence-corrected chi connectivity index (χ0v) is 5.48. The molecule has 0 heterocycles. The van der Waals surface area contributed by atoms with Gasteiger partial charge in [0.25, 0.3) is 0 Å². The maximum atomic E-state index is 4.99. The van der Waals surface area contributed by atoms with Gasteiger partial charge in [0.1, 0.15) is 0 Å². The van der Waals surface area contributed by atoms with Crippen LogP contribution in [0, 0.1) is 0 Å². The standard InChI is InChI=1S/C3H8BrN3/c4-1-2-7-3(5)6/h1-2H2,(H4,5,6,7). The number of hydrogen-bond acceptors (Lipinski definition) is 1. The first-order valence-electron chi connectivity index (χ1n) is 1.88. The molecule has 0 aromatic rings. The number of nitrogens with zero attached hydrogens (tertiary/aromatic N) is 1. The molecular weight excluding hydrogens is 158 g/mol. The Morgan fingerprint density at radius 3 is 2.29 bits per heavy atom. The van der Waals surface area contributed by atoms with Gasteiger partial charge in [-0.25, -0.2) is 0 Å². The molecule has 0 aliphatic carbocycles. The Bertz CT molecular complexity index is 66.6. The lowest BCUT2D eigenvalue weighted by Gasteiger charge is -1.85. The van der Waals surface area contributed by atoms with Crippen LogP contribution in [0.2, 0.25) is 0 Å². The van der Waals surface area contributed by atoms with E-state index in [-0.39, 0.29) is 5.96 Å². The summed E-state index contributed by atoms with van der Waals surface area (Å²) in [5.74, 6) is 0.152. The molecule has 0 aliphatic rings. The van der Waals surface area contributed by atoms with Crippen LogP contribution in [0.3, 0.4) is 0 Å². The van der Waals surface area contributed by atoms with Gasteiger partial charge in [-0.3, -0.25) is 4.99 Å². The number of guanidine groups is 1. The third kappa shape index (κ3) is 5.75. The summed E-state index contributed by atoms with van der Waals surface area (Å²) in [5, 5.41) is 0.810. The second-order valence-corrected chi connectivity index (χ2v) is 1.79. The minimum Gasteiger partial charge on any atom is -0.370 e. The van der Waals surface area contributed by atoms with Crippen LogP contribution in [-0.4, -0.2) is 17.8 Å². The van der Waals surface area contributed by atoms with Crippen molar-refractivity contribution >= 4 is 21.9 Å². The first-order chi connectivity index (χ1) is 3.27. The van der Waals surface area contributed by atoms with E-state index in [1.54, 1.807) is 0 Å². The fraction of sp³-hybridized carbons (Fsp3) is 0.667. The summed E-state index contributed by atoms with van der Waals surface area (Å²) < 4.78 is 0. The number of hydrogen-bond donors (Lipinski definition) is 2. The van der Waals surface area contributed by atoms with Gasteiger partial charge in [-0.15, -0.1) is 0 Å². The van der Waals surface area contributed by atoms with E-state index in [9.17, 15) is 0 Å². The lowest BCUT2D eigenvalue weighted by Crippen LogP contribution is -2.23. The van der Waals surface area contributed by atoms with Crippen molar-refractivity contribution in [2.24, 2.45) is 16.5 Å². The van der Waals surface area contributed by atoms with Gasteiger partial charge < -0.3 is 11.5 Å². The predicted octanol–water partition coefficient (Wildman–Crippen LogP) is -0.345. The molecule has 0 radical (unpaired) electrons. The fourth-order valence-electron chi connectivity index (χ4n) is 0.171. The molecule has 7 heavy (non-hydrogen) atoms. The predicted molar refractivity (Wildman–Crippen MR) is 34.5 cm³/mol. The Morgan fingerprint density at radius 1 is 1.57 bits per heavy atom. The molecule has 0 fully saturated rings. The molecule has 42 valence electrons. The number of rotatable bonds is 2. The van der Waals surface area contributed by atoms with Crippen LogP contribution in [0.4, 0.5) is 0 Å². The fourth-order valence-corrected chi connectivity index (χ4v) is 0.349. The van der Waals surface area contributed by atoms with Crippen molar-refractivity contribution in [2.45, 2.75) is 0 Å². The van der Waals surface area contributed by atoms with Gasteiger partial charge in [0, 0.05) is 5.33 Å². The second-order valence-electron chi connectivity index (χ2n) is 0.996. The van der Waals surface area contributed by atoms with Crippen molar-refractivity contribution in [3.8, 4) is 0 Å². The Labute approximate surface area is 50.9 Å². The maximum absolute atomic E-state index is 4.99. The Balaban J connectivity index is 3.08. The molecule has 4 heteroatoms. The van der Waals surface area contributed by atoms with Gasteiger partial charge in [0.2, 0.25) is 0 Å². The average Bonchev–Trinajstić information content (AvgIpc) is 1.61. The van der Waals surface area contributed by atoms with E-state index in [0.717, 1.165) is 5.33 Å². The highest BCUT2D eigenvalue weighted by molar-refractivity contribution is 9.09. The van der Waals surface area contributed by atoms with Crippen molar-refractivity contribution in [1.82, 2.24) is 0 Å². The quantitative estimate of drug-likeness (QED) is 0.334. The van der Waals surface area contributed by atoms with Crippen LogP contribution in [0.15, 0.2) is 4.99 Å². The van der Waals surface area contributed by atoms with E-state index in [1.807, 2.05) is 0 Å². The summed E-state index contributed by atoms with van der Waals surface area (Å²) in [7, 11) is 0. The molecule has 0 aromatic carbocycles. The van der Waals surface area contributed by atoms with E-state index >= 15 is 0 Å². The van der Waals surface area contributed by atoms with Crippen LogP contribution in [0.25, 0.3) is 0 Å². The molecule has 0 aromatic heterocycles. The number of alkyl halides is 1. The van der Waals surface area contributed by atoms with Gasteiger partial charge in [0.05, 0.1) is 6.54 Å². The van der Waals surface area contributed by atoms with Crippen molar-refractivity contribution in [3.63, 3.8) is 0 Å². The third-order valence-corrected chi connectivity index (χ3v) is 0.734. The molecule has 0 saturated heterocycles. The van der Waals surface area contributed by atoms with Crippen LogP contribution in [0.1, 0.15) is 0 Å². The highest BCUT2D eigenvalue weighted by atomic mass is 79.9. The molecule has 3 nitrogen and oxygen atoms in total. The molecule has 0 aliphatic heterocycles. The lowest BCUT2D eigenvalue weighted by molar-refractivity contribution is 1.14. The van der Waals surface area contributed by atoms with Crippen molar-refractivity contribution in [2.75, 3.05) is 11.9 Å². The molecule has 0 amide bonds. The summed E-state index contributed by atoms with van der Waals surface area (Å²) in [4.78, 5) is 3.67. The normalized spacial score (nSPS) is 8.14. The maximum Gasteiger partial charge on any atom is 0.185 e. The SMILES string of the molecule is NC(N)=NCCBr. The number of nitrogens with two attached hydrogens (primary N) is 2. The highest BCUT2D eigenvalue weighted by Gasteiger charge is 1.75. The second kappa shape index (κ2) is 3.92. The average molecular weight is 166 g/mol. The molecule has 0 saturated carbocycles. The van der Waals surface area contributed by atoms with Crippen LogP contribution in [0.5, 0.6) is 0 Å². The summed E-state index contributed by atoms with van der Waals surface area (Å²) in [5.41, 5.74) is 9.97. The molecule has 0 rings (SSSR count). The van der Waals surface area contributed by atoms with E-state index < -0.39 is 0 Å². The molecule has 0 bridgehead atoms. The van der Waals surface area contributed by atoms with Gasteiger partial charge >= 0.3 is 0 Å². The Kier molecular flexibility index (Phi) is 3.78. The molecule has 0 unspecified atom stereocenters. The minimum atomic E-state index is 0.152. The molecule has 0 atom stereocenters. The Morgan fingerprint density at radius 2 is 2.14 bits per heavy atom. The number of halogens is 1. The molecule has 0 spiro atoms. The van der Waals surface area contributed by atoms with Crippen molar-refractivity contribution in [1.29, 1.82) is 0 Å². The van der Waals surface area contributed by atoms with Gasteiger partial charge in [-0.05, 0) is 0 Å². The van der Waals surface area contributed by atoms with Gasteiger partial charge in [0.15, 0.2) is 5.96 Å². The summed E-state index contributed by atoms with van der Waals surface area (Å²) in [6.45, 7) is 0.655. The first-order valence-corrected chi connectivity index (χ1v) is 3.01. The summed E-state index contributed by atoms with van der Waals surface area (Å²) >= 11 is 3.16. The van der Waals surface area contributed by atoms with Gasteiger partial charge in [-0.2, -0.15) is 0 Å². The third-order valence-electron chi connectivity index (χ3n) is 0.379. The smallest absolute Gasteiger partial charge is 0.185 e.